The van der Waals surface area contributed by atoms with Crippen molar-refractivity contribution in [1.29, 1.82) is 0 Å². The van der Waals surface area contributed by atoms with E-state index < -0.39 is 11.0 Å². The number of nitrogens with zero attached hydrogens (tertiary/aromatic N) is 7. The predicted octanol–water partition coefficient (Wildman–Crippen LogP) is 2.82. The normalized spacial score (nSPS) is 19.0. The van der Waals surface area contributed by atoms with E-state index in [1.54, 1.807) is 16.8 Å². The van der Waals surface area contributed by atoms with Gasteiger partial charge in [0.05, 0.1) is 17.6 Å². The van der Waals surface area contributed by atoms with Gasteiger partial charge in [0.25, 0.3) is 11.2 Å². The van der Waals surface area contributed by atoms with Gasteiger partial charge in [-0.3, -0.25) is 19.8 Å². The number of rotatable bonds is 7. The van der Waals surface area contributed by atoms with Crippen molar-refractivity contribution >= 4 is 22.3 Å². The van der Waals surface area contributed by atoms with Gasteiger partial charge in [0.1, 0.15) is 6.04 Å². The maximum Gasteiger partial charge on any atom is 0.269 e. The topological polar surface area (TPSA) is 135 Å². The number of anilines is 1. The summed E-state index contributed by atoms with van der Waals surface area (Å²) in [6.45, 7) is 5.98. The second-order valence-electron chi connectivity index (χ2n) is 10.2. The van der Waals surface area contributed by atoms with E-state index in [2.05, 4.69) is 36.4 Å². The van der Waals surface area contributed by atoms with Crippen LogP contribution in [-0.4, -0.2) is 73.9 Å². The molecule has 2 aromatic heterocycles. The van der Waals surface area contributed by atoms with Crippen LogP contribution in [0.15, 0.2) is 53.3 Å². The van der Waals surface area contributed by atoms with E-state index in [-0.39, 0.29) is 17.4 Å². The largest absolute Gasteiger partial charge is 0.376 e. The summed E-state index contributed by atoms with van der Waals surface area (Å²) < 4.78 is 7.63. The molecule has 0 bridgehead atoms. The molecule has 2 atom stereocenters. The minimum Gasteiger partial charge on any atom is -0.376 e. The number of fused-ring (bicyclic) bond motifs is 1. The molecule has 202 valence electrons. The Hall–Kier alpha value is -4.16. The molecule has 0 amide bonds. The molecule has 2 saturated heterocycles. The molecule has 12 nitrogen and oxygen atoms in total. The number of hydrogen-bond donors (Lipinski definition) is 1. The molecule has 1 N–H and O–H groups in total. The van der Waals surface area contributed by atoms with Crippen LogP contribution in [-0.2, 0) is 11.3 Å². The van der Waals surface area contributed by atoms with Crippen LogP contribution in [0.4, 0.5) is 11.4 Å². The Morgan fingerprint density at radius 2 is 1.92 bits per heavy atom. The van der Waals surface area contributed by atoms with E-state index >= 15 is 0 Å². The Balaban J connectivity index is 1.33. The summed E-state index contributed by atoms with van der Waals surface area (Å²) in [4.78, 5) is 31.6. The fourth-order valence-electron chi connectivity index (χ4n) is 5.59. The van der Waals surface area contributed by atoms with Gasteiger partial charge in [-0.2, -0.15) is 0 Å². The number of nitro benzene ring substituents is 1. The van der Waals surface area contributed by atoms with Crippen LogP contribution in [0.3, 0.4) is 0 Å². The molecule has 39 heavy (non-hydrogen) atoms. The predicted molar refractivity (Wildman–Crippen MR) is 145 cm³/mol. The van der Waals surface area contributed by atoms with E-state index in [4.69, 9.17) is 4.74 Å². The summed E-state index contributed by atoms with van der Waals surface area (Å²) in [7, 11) is 0. The molecule has 4 heterocycles. The van der Waals surface area contributed by atoms with Crippen molar-refractivity contribution in [2.75, 3.05) is 37.7 Å². The number of nitro groups is 1. The highest BCUT2D eigenvalue weighted by atomic mass is 16.6. The van der Waals surface area contributed by atoms with Gasteiger partial charge < -0.3 is 14.6 Å². The number of aryl methyl sites for hydroxylation is 1. The summed E-state index contributed by atoms with van der Waals surface area (Å²) in [5.41, 5.74) is 3.33. The minimum atomic E-state index is -0.450. The summed E-state index contributed by atoms with van der Waals surface area (Å²) in [6.07, 6.45) is 2.01. The number of aromatic nitrogens is 5. The van der Waals surface area contributed by atoms with Gasteiger partial charge in [-0.1, -0.05) is 11.6 Å². The zero-order chi connectivity index (χ0) is 26.9. The van der Waals surface area contributed by atoms with Gasteiger partial charge in [0.2, 0.25) is 0 Å². The molecule has 4 aromatic rings. The van der Waals surface area contributed by atoms with Crippen LogP contribution in [0.2, 0.25) is 0 Å². The number of ether oxygens (including phenoxy) is 1. The second kappa shape index (κ2) is 10.5. The highest BCUT2D eigenvalue weighted by molar-refractivity contribution is 5.79. The standard InChI is InChI=1S/C27H30N8O4/c1-18-4-9-24-19(15-18)16-23(27(36)28-24)25(26-29-30-31-34(26)17-22-3-2-14-39-22)33-12-10-32(11-13-33)20-5-7-21(8-6-20)35(37)38/h4-9,15-16,22,25H,2-3,10-14,17H2,1H3,(H,28,36)/t22-,25-/m0/s1. The molecular formula is C27H30N8O4. The first kappa shape index (κ1) is 25.1. The molecule has 2 aromatic carbocycles. The van der Waals surface area contributed by atoms with Gasteiger partial charge in [-0.25, -0.2) is 4.68 Å². The average Bonchev–Trinajstić information content (AvgIpc) is 3.63. The molecule has 2 fully saturated rings. The van der Waals surface area contributed by atoms with Gasteiger partial charge in [0, 0.05) is 61.7 Å². The van der Waals surface area contributed by atoms with E-state index in [1.165, 1.54) is 12.1 Å². The quantitative estimate of drug-likeness (QED) is 0.283. The Kier molecular flexibility index (Phi) is 6.79. The first-order chi connectivity index (χ1) is 19.0. The number of hydrogen-bond acceptors (Lipinski definition) is 9. The number of H-pyrrole nitrogens is 1. The maximum absolute atomic E-state index is 13.5. The molecule has 12 heteroatoms. The van der Waals surface area contributed by atoms with Crippen LogP contribution in [0, 0.1) is 17.0 Å². The number of tetrazole rings is 1. The number of non-ortho nitro benzene ring substituents is 1. The van der Waals surface area contributed by atoms with Crippen molar-refractivity contribution in [2.24, 2.45) is 0 Å². The molecule has 0 aliphatic carbocycles. The van der Waals surface area contributed by atoms with Crippen molar-refractivity contribution in [3.05, 3.63) is 86.0 Å². The zero-order valence-electron chi connectivity index (χ0n) is 21.7. The van der Waals surface area contributed by atoms with Crippen molar-refractivity contribution in [1.82, 2.24) is 30.1 Å². The molecule has 2 aliphatic rings. The molecule has 0 radical (unpaired) electrons. The fraction of sp³-hybridized carbons (Fsp3) is 0.407. The molecular weight excluding hydrogens is 500 g/mol. The Morgan fingerprint density at radius 3 is 2.64 bits per heavy atom. The molecule has 0 unspecified atom stereocenters. The Morgan fingerprint density at radius 1 is 1.13 bits per heavy atom. The van der Waals surface area contributed by atoms with Crippen molar-refractivity contribution < 1.29 is 9.66 Å². The highest BCUT2D eigenvalue weighted by Gasteiger charge is 2.33. The van der Waals surface area contributed by atoms with Crippen LogP contribution >= 0.6 is 0 Å². The van der Waals surface area contributed by atoms with E-state index in [1.807, 2.05) is 25.1 Å². The first-order valence-electron chi connectivity index (χ1n) is 13.2. The van der Waals surface area contributed by atoms with E-state index in [0.29, 0.717) is 44.1 Å². The smallest absolute Gasteiger partial charge is 0.269 e. The lowest BCUT2D eigenvalue weighted by atomic mass is 10.0. The number of pyridine rings is 1. The van der Waals surface area contributed by atoms with Gasteiger partial charge in [0.15, 0.2) is 5.82 Å². The lowest BCUT2D eigenvalue weighted by Gasteiger charge is -2.39. The molecule has 6 rings (SSSR count). The van der Waals surface area contributed by atoms with Crippen molar-refractivity contribution in [3.63, 3.8) is 0 Å². The maximum atomic E-state index is 13.5. The van der Waals surface area contributed by atoms with Crippen LogP contribution in [0.5, 0.6) is 0 Å². The molecule has 0 saturated carbocycles. The lowest BCUT2D eigenvalue weighted by molar-refractivity contribution is -0.384. The second-order valence-corrected chi connectivity index (χ2v) is 10.2. The first-order valence-corrected chi connectivity index (χ1v) is 13.2. The minimum absolute atomic E-state index is 0.0458. The third-order valence-electron chi connectivity index (χ3n) is 7.63. The molecule has 2 aliphatic heterocycles. The third kappa shape index (κ3) is 5.12. The number of nitrogens with one attached hydrogen (secondary N) is 1. The van der Waals surface area contributed by atoms with Crippen LogP contribution < -0.4 is 10.5 Å². The fourth-order valence-corrected chi connectivity index (χ4v) is 5.59. The molecule has 0 spiro atoms. The van der Waals surface area contributed by atoms with Gasteiger partial charge >= 0.3 is 0 Å². The zero-order valence-corrected chi connectivity index (χ0v) is 21.7. The Labute approximate surface area is 224 Å². The monoisotopic (exact) mass is 530 g/mol. The van der Waals surface area contributed by atoms with Crippen LogP contribution in [0.1, 0.15) is 35.8 Å². The third-order valence-corrected chi connectivity index (χ3v) is 7.63. The number of benzene rings is 2. The lowest BCUT2D eigenvalue weighted by Crippen LogP contribution is -2.49. The van der Waals surface area contributed by atoms with E-state index in [9.17, 15) is 14.9 Å². The van der Waals surface area contributed by atoms with Gasteiger partial charge in [-0.15, -0.1) is 5.10 Å². The average molecular weight is 531 g/mol. The van der Waals surface area contributed by atoms with Crippen LogP contribution in [0.25, 0.3) is 10.9 Å². The van der Waals surface area contributed by atoms with Gasteiger partial charge in [-0.05, 0) is 65.9 Å². The summed E-state index contributed by atoms with van der Waals surface area (Å²) in [5, 5.41) is 24.7. The number of piperazine rings is 1. The van der Waals surface area contributed by atoms with Crippen molar-refractivity contribution in [2.45, 2.75) is 38.5 Å². The summed E-state index contributed by atoms with van der Waals surface area (Å²) in [5.74, 6) is 0.617. The number of aromatic amines is 1. The van der Waals surface area contributed by atoms with Crippen molar-refractivity contribution in [3.8, 4) is 0 Å². The highest BCUT2D eigenvalue weighted by Crippen LogP contribution is 2.30. The summed E-state index contributed by atoms with van der Waals surface area (Å²) in [6, 6.07) is 14.1. The van der Waals surface area contributed by atoms with E-state index in [0.717, 1.165) is 41.6 Å². The SMILES string of the molecule is Cc1ccc2[nH]c(=O)c([C@@H](c3nnnn3C[C@@H]3CCCO3)N3CCN(c4ccc([N+](=O)[O-])cc4)CC3)cc2c1. The Bertz CT molecular complexity index is 1540. The summed E-state index contributed by atoms with van der Waals surface area (Å²) >= 11 is 0.